The van der Waals surface area contributed by atoms with Gasteiger partial charge < -0.3 is 9.74 Å². The van der Waals surface area contributed by atoms with Gasteiger partial charge in [-0.05, 0) is 31.1 Å². The molecular formula is C16H25Cl3N2O3Si. The fourth-order valence-corrected chi connectivity index (χ4v) is 4.30. The van der Waals surface area contributed by atoms with Crippen LogP contribution in [0.1, 0.15) is 33.3 Å². The molecular weight excluding hydrogens is 403 g/mol. The van der Waals surface area contributed by atoms with Crippen LogP contribution in [0.5, 0.6) is 0 Å². The first-order valence-corrected chi connectivity index (χ1v) is 12.0. The summed E-state index contributed by atoms with van der Waals surface area (Å²) in [7, 11) is -1.87. The minimum Gasteiger partial charge on any atom is -0.413 e. The molecule has 9 heteroatoms. The highest BCUT2D eigenvalue weighted by Gasteiger charge is 2.38. The van der Waals surface area contributed by atoms with Gasteiger partial charge in [0.05, 0.1) is 26.6 Å². The van der Waals surface area contributed by atoms with E-state index >= 15 is 0 Å². The van der Waals surface area contributed by atoms with Crippen molar-refractivity contribution in [1.29, 1.82) is 0 Å². The number of halogens is 3. The number of nitrogens with one attached hydrogen (secondary N) is 1. The molecule has 1 unspecified atom stereocenters. The molecule has 0 aliphatic carbocycles. The van der Waals surface area contributed by atoms with Crippen LogP contribution in [-0.2, 0) is 11.0 Å². The lowest BCUT2D eigenvalue weighted by atomic mass is 10.1. The van der Waals surface area contributed by atoms with Crippen molar-refractivity contribution in [3.8, 4) is 0 Å². The summed E-state index contributed by atoms with van der Waals surface area (Å²) in [6.45, 7) is 13.6. The first-order chi connectivity index (χ1) is 11.3. The van der Waals surface area contributed by atoms with Crippen molar-refractivity contribution >= 4 is 48.8 Å². The lowest BCUT2D eigenvalue weighted by Gasteiger charge is -2.38. The van der Waals surface area contributed by atoms with Gasteiger partial charge in [0.1, 0.15) is 5.02 Å². The van der Waals surface area contributed by atoms with Gasteiger partial charge in [0, 0.05) is 13.1 Å². The molecule has 0 radical (unpaired) electrons. The van der Waals surface area contributed by atoms with E-state index in [1.54, 1.807) is 0 Å². The van der Waals surface area contributed by atoms with Crippen molar-refractivity contribution in [2.24, 2.45) is 0 Å². The molecule has 5 nitrogen and oxygen atoms in total. The predicted molar refractivity (Wildman–Crippen MR) is 108 cm³/mol. The Morgan fingerprint density at radius 2 is 1.84 bits per heavy atom. The normalized spacial score (nSPS) is 13.8. The molecule has 0 amide bonds. The number of benzene rings is 1. The molecule has 0 aliphatic heterocycles. The standard InChI is InChI=1S/C16H25Cl3N2O3Si/c1-10(24-25(5,6)16(2,3)4)8-20-9-11-12(17)7-13(18)14(19)15(11)21(22)23/h7,10,20H,8-9H2,1-6H3. The molecule has 25 heavy (non-hydrogen) atoms. The van der Waals surface area contributed by atoms with Crippen LogP contribution in [0.25, 0.3) is 0 Å². The Kier molecular flexibility index (Phi) is 7.75. The lowest BCUT2D eigenvalue weighted by molar-refractivity contribution is -0.385. The first kappa shape index (κ1) is 22.7. The largest absolute Gasteiger partial charge is 0.413 e. The third-order valence-electron chi connectivity index (χ3n) is 4.46. The van der Waals surface area contributed by atoms with Crippen LogP contribution in [0.2, 0.25) is 33.2 Å². The quantitative estimate of drug-likeness (QED) is 0.249. The van der Waals surface area contributed by atoms with E-state index in [4.69, 9.17) is 39.2 Å². The molecule has 1 aromatic rings. The van der Waals surface area contributed by atoms with Crippen molar-refractivity contribution in [3.05, 3.63) is 36.8 Å². The van der Waals surface area contributed by atoms with Gasteiger partial charge in [0.25, 0.3) is 5.69 Å². The van der Waals surface area contributed by atoms with E-state index in [1.807, 2.05) is 6.92 Å². The van der Waals surface area contributed by atoms with Gasteiger partial charge in [0.15, 0.2) is 8.32 Å². The van der Waals surface area contributed by atoms with Crippen LogP contribution in [-0.4, -0.2) is 25.9 Å². The second kappa shape index (κ2) is 8.54. The fourth-order valence-electron chi connectivity index (χ4n) is 2.10. The van der Waals surface area contributed by atoms with E-state index < -0.39 is 13.2 Å². The average Bonchev–Trinajstić information content (AvgIpc) is 2.42. The fraction of sp³-hybridized carbons (Fsp3) is 0.625. The second-order valence-electron chi connectivity index (χ2n) is 7.56. The van der Waals surface area contributed by atoms with Gasteiger partial charge in [-0.1, -0.05) is 55.6 Å². The maximum atomic E-state index is 11.3. The zero-order valence-electron chi connectivity index (χ0n) is 15.4. The molecule has 0 saturated heterocycles. The lowest BCUT2D eigenvalue weighted by Crippen LogP contribution is -2.45. The number of hydrogen-bond acceptors (Lipinski definition) is 4. The highest BCUT2D eigenvalue weighted by Crippen LogP contribution is 2.39. The van der Waals surface area contributed by atoms with Crippen molar-refractivity contribution < 1.29 is 9.35 Å². The zero-order valence-corrected chi connectivity index (χ0v) is 18.6. The smallest absolute Gasteiger partial charge is 0.295 e. The third-order valence-corrected chi connectivity index (χ3v) is 10.2. The third kappa shape index (κ3) is 5.81. The van der Waals surface area contributed by atoms with Crippen LogP contribution in [0, 0.1) is 10.1 Å². The Bertz CT molecular complexity index is 648. The SMILES string of the molecule is CC(CNCc1c(Cl)cc(Cl)c(Cl)c1[N+](=O)[O-])O[Si](C)(C)C(C)(C)C. The summed E-state index contributed by atoms with van der Waals surface area (Å²) >= 11 is 18.0. The topological polar surface area (TPSA) is 64.4 Å². The monoisotopic (exact) mass is 426 g/mol. The minimum atomic E-state index is -1.87. The number of nitro benzene ring substituents is 1. The van der Waals surface area contributed by atoms with Crippen molar-refractivity contribution in [2.75, 3.05) is 6.54 Å². The molecule has 1 aromatic carbocycles. The molecule has 1 rings (SSSR count). The van der Waals surface area contributed by atoms with Gasteiger partial charge in [-0.15, -0.1) is 0 Å². The van der Waals surface area contributed by atoms with E-state index in [9.17, 15) is 10.1 Å². The molecule has 0 aromatic heterocycles. The number of nitro groups is 1. The van der Waals surface area contributed by atoms with Crippen LogP contribution >= 0.6 is 34.8 Å². The van der Waals surface area contributed by atoms with E-state index in [1.165, 1.54) is 6.07 Å². The van der Waals surface area contributed by atoms with E-state index in [-0.39, 0.29) is 38.4 Å². The highest BCUT2D eigenvalue weighted by molar-refractivity contribution is 6.74. The molecule has 1 atom stereocenters. The Morgan fingerprint density at radius 3 is 2.32 bits per heavy atom. The van der Waals surface area contributed by atoms with Crippen molar-refractivity contribution in [1.82, 2.24) is 5.32 Å². The van der Waals surface area contributed by atoms with Crippen LogP contribution in [0.4, 0.5) is 5.69 Å². The number of rotatable bonds is 7. The highest BCUT2D eigenvalue weighted by atomic mass is 35.5. The number of nitrogens with zero attached hydrogens (tertiary/aromatic N) is 1. The van der Waals surface area contributed by atoms with Gasteiger partial charge in [-0.2, -0.15) is 0 Å². The molecule has 0 fully saturated rings. The van der Waals surface area contributed by atoms with Crippen LogP contribution in [0.3, 0.4) is 0 Å². The molecule has 0 heterocycles. The van der Waals surface area contributed by atoms with Gasteiger partial charge in [-0.3, -0.25) is 10.1 Å². The molecule has 0 spiro atoms. The minimum absolute atomic E-state index is 0.0264. The summed E-state index contributed by atoms with van der Waals surface area (Å²) in [4.78, 5) is 10.7. The van der Waals surface area contributed by atoms with Crippen LogP contribution < -0.4 is 5.32 Å². The predicted octanol–water partition coefficient (Wildman–Crippen LogP) is 6.05. The van der Waals surface area contributed by atoms with E-state index in [0.29, 0.717) is 12.1 Å². The Hall–Kier alpha value is -0.373. The summed E-state index contributed by atoms with van der Waals surface area (Å²) in [6.07, 6.45) is -0.0264. The van der Waals surface area contributed by atoms with Crippen molar-refractivity contribution in [3.63, 3.8) is 0 Å². The molecule has 142 valence electrons. The zero-order chi connectivity index (χ0) is 19.6. The maximum absolute atomic E-state index is 11.3. The number of hydrogen-bond donors (Lipinski definition) is 1. The Morgan fingerprint density at radius 1 is 1.28 bits per heavy atom. The van der Waals surface area contributed by atoms with Gasteiger partial charge in [0.2, 0.25) is 0 Å². The average molecular weight is 428 g/mol. The van der Waals surface area contributed by atoms with Gasteiger partial charge >= 0.3 is 0 Å². The molecule has 0 bridgehead atoms. The summed E-state index contributed by atoms with van der Waals surface area (Å²) in [5, 5.41) is 14.8. The summed E-state index contributed by atoms with van der Waals surface area (Å²) < 4.78 is 6.25. The Labute approximate surface area is 165 Å². The molecule has 1 N–H and O–H groups in total. The summed E-state index contributed by atoms with van der Waals surface area (Å²) in [6, 6.07) is 1.42. The molecule has 0 saturated carbocycles. The van der Waals surface area contributed by atoms with Crippen LogP contribution in [0.15, 0.2) is 6.07 Å². The first-order valence-electron chi connectivity index (χ1n) is 7.97. The van der Waals surface area contributed by atoms with Crippen molar-refractivity contribution in [2.45, 2.75) is 58.5 Å². The van der Waals surface area contributed by atoms with E-state index in [0.717, 1.165) is 0 Å². The molecule has 0 aliphatic rings. The van der Waals surface area contributed by atoms with Gasteiger partial charge in [-0.25, -0.2) is 0 Å². The summed E-state index contributed by atoms with van der Waals surface area (Å²) in [5.41, 5.74) is 0.0604. The second-order valence-corrected chi connectivity index (χ2v) is 13.5. The Balaban J connectivity index is 2.80. The maximum Gasteiger partial charge on any atom is 0.295 e. The van der Waals surface area contributed by atoms with E-state index in [2.05, 4.69) is 39.2 Å². The summed E-state index contributed by atoms with van der Waals surface area (Å²) in [5.74, 6) is 0.